The summed E-state index contributed by atoms with van der Waals surface area (Å²) in [6, 6.07) is 14.2. The van der Waals surface area contributed by atoms with Crippen molar-refractivity contribution in [2.75, 3.05) is 38.1 Å². The molecule has 1 saturated heterocycles. The SMILES string of the molecule is O=C1Nc2ccccc2S[C@H]1CC(=O)N1CCN(Cc2ccc3c(c2)CCO3)CC1. The van der Waals surface area contributed by atoms with Crippen molar-refractivity contribution < 1.29 is 14.3 Å². The molecule has 0 aliphatic carbocycles. The lowest BCUT2D eigenvalue weighted by Gasteiger charge is -2.35. The van der Waals surface area contributed by atoms with Crippen LogP contribution in [0.5, 0.6) is 5.75 Å². The van der Waals surface area contributed by atoms with Crippen molar-refractivity contribution in [3.8, 4) is 5.75 Å². The van der Waals surface area contributed by atoms with Crippen LogP contribution < -0.4 is 10.1 Å². The van der Waals surface area contributed by atoms with E-state index in [4.69, 9.17) is 4.74 Å². The number of piperazine rings is 1. The smallest absolute Gasteiger partial charge is 0.238 e. The number of carbonyl (C=O) groups is 2. The first-order valence-electron chi connectivity index (χ1n) is 10.5. The summed E-state index contributed by atoms with van der Waals surface area (Å²) in [6.45, 7) is 4.80. The molecule has 6 nitrogen and oxygen atoms in total. The van der Waals surface area contributed by atoms with E-state index in [-0.39, 0.29) is 23.5 Å². The zero-order valence-corrected chi connectivity index (χ0v) is 17.6. The molecule has 0 bridgehead atoms. The summed E-state index contributed by atoms with van der Waals surface area (Å²) >= 11 is 1.49. The summed E-state index contributed by atoms with van der Waals surface area (Å²) in [5, 5.41) is 2.56. The minimum absolute atomic E-state index is 0.0661. The first-order chi connectivity index (χ1) is 14.7. The maximum Gasteiger partial charge on any atom is 0.238 e. The Morgan fingerprint density at radius 3 is 2.83 bits per heavy atom. The summed E-state index contributed by atoms with van der Waals surface area (Å²) in [6.07, 6.45) is 1.23. The van der Waals surface area contributed by atoms with Gasteiger partial charge >= 0.3 is 0 Å². The van der Waals surface area contributed by atoms with E-state index >= 15 is 0 Å². The molecular formula is C23H25N3O3S. The molecule has 1 fully saturated rings. The zero-order chi connectivity index (χ0) is 20.5. The number of fused-ring (bicyclic) bond motifs is 2. The van der Waals surface area contributed by atoms with Crippen molar-refractivity contribution in [3.63, 3.8) is 0 Å². The lowest BCUT2D eigenvalue weighted by atomic mass is 10.1. The van der Waals surface area contributed by atoms with Crippen LogP contribution in [0.25, 0.3) is 0 Å². The van der Waals surface area contributed by atoms with E-state index in [0.717, 1.165) is 49.0 Å². The van der Waals surface area contributed by atoms with E-state index < -0.39 is 0 Å². The van der Waals surface area contributed by atoms with Crippen LogP contribution in [0.2, 0.25) is 0 Å². The molecule has 5 rings (SSSR count). The summed E-state index contributed by atoms with van der Waals surface area (Å²) in [4.78, 5) is 30.5. The zero-order valence-electron chi connectivity index (χ0n) is 16.8. The lowest BCUT2D eigenvalue weighted by molar-refractivity contribution is -0.134. The standard InChI is InChI=1S/C23H25N3O3S/c27-22(14-21-23(28)24-18-3-1-2-4-20(18)30-21)26-10-8-25(9-11-26)15-16-5-6-19-17(13-16)7-12-29-19/h1-6,13,21H,7-12,14-15H2,(H,24,28)/t21-/m0/s1. The van der Waals surface area contributed by atoms with E-state index in [9.17, 15) is 9.59 Å². The molecule has 0 radical (unpaired) electrons. The second-order valence-corrected chi connectivity index (χ2v) is 9.24. The van der Waals surface area contributed by atoms with Gasteiger partial charge < -0.3 is 15.0 Å². The Labute approximate surface area is 180 Å². The largest absolute Gasteiger partial charge is 0.493 e. The van der Waals surface area contributed by atoms with Crippen molar-refractivity contribution in [1.82, 2.24) is 9.80 Å². The second kappa shape index (κ2) is 8.32. The third kappa shape index (κ3) is 4.04. The molecule has 1 atom stereocenters. The summed E-state index contributed by atoms with van der Waals surface area (Å²) in [7, 11) is 0. The van der Waals surface area contributed by atoms with Crippen molar-refractivity contribution >= 4 is 29.3 Å². The molecule has 2 aromatic rings. The Kier molecular flexibility index (Phi) is 5.39. The minimum Gasteiger partial charge on any atom is -0.493 e. The average Bonchev–Trinajstić information content (AvgIpc) is 3.23. The molecule has 0 unspecified atom stereocenters. The molecule has 0 aromatic heterocycles. The number of carbonyl (C=O) groups excluding carboxylic acids is 2. The van der Waals surface area contributed by atoms with Crippen LogP contribution in [0.4, 0.5) is 5.69 Å². The van der Waals surface area contributed by atoms with E-state index in [1.807, 2.05) is 29.2 Å². The van der Waals surface area contributed by atoms with Crippen LogP contribution >= 0.6 is 11.8 Å². The van der Waals surface area contributed by atoms with Crippen LogP contribution in [0.3, 0.4) is 0 Å². The number of nitrogens with one attached hydrogen (secondary N) is 1. The Bertz CT molecular complexity index is 972. The first-order valence-corrected chi connectivity index (χ1v) is 11.3. The number of benzene rings is 2. The Hall–Kier alpha value is -2.51. The number of rotatable bonds is 4. The van der Waals surface area contributed by atoms with Gasteiger partial charge in [-0.3, -0.25) is 14.5 Å². The molecule has 0 saturated carbocycles. The number of para-hydroxylation sites is 1. The van der Waals surface area contributed by atoms with Crippen LogP contribution in [-0.4, -0.2) is 59.7 Å². The van der Waals surface area contributed by atoms with Gasteiger partial charge in [0.2, 0.25) is 11.8 Å². The van der Waals surface area contributed by atoms with Crippen molar-refractivity contribution in [3.05, 3.63) is 53.6 Å². The third-order valence-corrected chi connectivity index (χ3v) is 7.23. The van der Waals surface area contributed by atoms with Crippen LogP contribution in [0.1, 0.15) is 17.5 Å². The normalized spacial score (nSPS) is 20.9. The maximum absolute atomic E-state index is 12.8. The van der Waals surface area contributed by atoms with Crippen molar-refractivity contribution in [2.24, 2.45) is 0 Å². The molecule has 0 spiro atoms. The monoisotopic (exact) mass is 423 g/mol. The van der Waals surface area contributed by atoms with E-state index in [1.54, 1.807) is 0 Å². The summed E-state index contributed by atoms with van der Waals surface area (Å²) in [5.74, 6) is 1.00. The Morgan fingerprint density at radius 2 is 1.97 bits per heavy atom. The van der Waals surface area contributed by atoms with Gasteiger partial charge in [0.25, 0.3) is 0 Å². The highest BCUT2D eigenvalue weighted by molar-refractivity contribution is 8.01. The van der Waals surface area contributed by atoms with Gasteiger partial charge in [0.1, 0.15) is 5.75 Å². The molecule has 2 amide bonds. The first kappa shape index (κ1) is 19.5. The van der Waals surface area contributed by atoms with Gasteiger partial charge in [-0.05, 0) is 29.3 Å². The number of hydrogen-bond acceptors (Lipinski definition) is 5. The quantitative estimate of drug-likeness (QED) is 0.820. The molecule has 3 aliphatic rings. The van der Waals surface area contributed by atoms with Gasteiger partial charge in [0.05, 0.1) is 17.5 Å². The molecule has 3 aliphatic heterocycles. The van der Waals surface area contributed by atoms with Crippen LogP contribution in [0.15, 0.2) is 47.4 Å². The van der Waals surface area contributed by atoms with Gasteiger partial charge in [-0.2, -0.15) is 0 Å². The van der Waals surface area contributed by atoms with Gasteiger partial charge in [0, 0.05) is 50.5 Å². The van der Waals surface area contributed by atoms with E-state index in [2.05, 4.69) is 28.4 Å². The average molecular weight is 424 g/mol. The topological polar surface area (TPSA) is 61.9 Å². The number of anilines is 1. The molecule has 1 N–H and O–H groups in total. The van der Waals surface area contributed by atoms with Crippen molar-refractivity contribution in [1.29, 1.82) is 0 Å². The molecule has 3 heterocycles. The van der Waals surface area contributed by atoms with Crippen LogP contribution in [-0.2, 0) is 22.6 Å². The molecule has 156 valence electrons. The van der Waals surface area contributed by atoms with E-state index in [1.165, 1.54) is 22.9 Å². The molecule has 2 aromatic carbocycles. The summed E-state index contributed by atoms with van der Waals surface area (Å²) in [5.41, 5.74) is 3.43. The van der Waals surface area contributed by atoms with Crippen LogP contribution in [0, 0.1) is 0 Å². The van der Waals surface area contributed by atoms with Gasteiger partial charge in [-0.25, -0.2) is 0 Å². The second-order valence-electron chi connectivity index (χ2n) is 7.99. The fraction of sp³-hybridized carbons (Fsp3) is 0.391. The fourth-order valence-electron chi connectivity index (χ4n) is 4.27. The highest BCUT2D eigenvalue weighted by Gasteiger charge is 2.31. The maximum atomic E-state index is 12.8. The predicted octanol–water partition coefficient (Wildman–Crippen LogP) is 2.77. The number of thioether (sulfide) groups is 1. The molecule has 7 heteroatoms. The highest BCUT2D eigenvalue weighted by Crippen LogP contribution is 2.36. The number of amides is 2. The molecular weight excluding hydrogens is 398 g/mol. The number of nitrogens with zero attached hydrogens (tertiary/aromatic N) is 2. The van der Waals surface area contributed by atoms with Gasteiger partial charge in [0.15, 0.2) is 0 Å². The number of hydrogen-bond donors (Lipinski definition) is 1. The van der Waals surface area contributed by atoms with Gasteiger partial charge in [-0.1, -0.05) is 24.3 Å². The van der Waals surface area contributed by atoms with E-state index in [0.29, 0.717) is 13.1 Å². The summed E-state index contributed by atoms with van der Waals surface area (Å²) < 4.78 is 5.59. The van der Waals surface area contributed by atoms with Gasteiger partial charge in [-0.15, -0.1) is 11.8 Å². The third-order valence-electron chi connectivity index (χ3n) is 5.95. The predicted molar refractivity (Wildman–Crippen MR) is 117 cm³/mol. The Balaban J connectivity index is 1.13. The minimum atomic E-state index is -0.362. The lowest BCUT2D eigenvalue weighted by Crippen LogP contribution is -2.49. The highest BCUT2D eigenvalue weighted by atomic mass is 32.2. The van der Waals surface area contributed by atoms with Crippen molar-refractivity contribution in [2.45, 2.75) is 29.5 Å². The number of ether oxygens (including phenoxy) is 1. The molecule has 30 heavy (non-hydrogen) atoms. The fourth-order valence-corrected chi connectivity index (χ4v) is 5.37. The Morgan fingerprint density at radius 1 is 1.13 bits per heavy atom.